The fraction of sp³-hybridized carbons (Fsp3) is 1.00. The molecule has 0 saturated heterocycles. The lowest BCUT2D eigenvalue weighted by Crippen LogP contribution is -3.00. The molecule has 0 heterocycles. The summed E-state index contributed by atoms with van der Waals surface area (Å²) in [5.41, 5.74) is 0. The van der Waals surface area contributed by atoms with Crippen molar-refractivity contribution >= 4 is 0 Å². The number of nitrogens with zero attached hydrogens (tertiary/aromatic N) is 1. The van der Waals surface area contributed by atoms with Gasteiger partial charge in [-0.15, -0.1) is 0 Å². The summed E-state index contributed by atoms with van der Waals surface area (Å²) in [5, 5.41) is 17.9. The standard InChI is InChI=1S/C9H22NO2.ClH/c1-4-5-6-10(2,3)7-9(12)8-11;/h9,11-12H,4-8H2,1-3H3;1H/q+1;/p-1. The number of aliphatic hydroxyl groups is 2. The van der Waals surface area contributed by atoms with Gasteiger partial charge in [-0.2, -0.15) is 0 Å². The summed E-state index contributed by atoms with van der Waals surface area (Å²) < 4.78 is 0.787. The molecule has 0 aliphatic heterocycles. The molecule has 3 nitrogen and oxygen atoms in total. The molecule has 0 rings (SSSR count). The highest BCUT2D eigenvalue weighted by atomic mass is 35.5. The average molecular weight is 212 g/mol. The molecule has 0 bridgehead atoms. The Balaban J connectivity index is 0. The molecule has 0 amide bonds. The highest BCUT2D eigenvalue weighted by Gasteiger charge is 2.18. The molecule has 1 atom stereocenters. The zero-order valence-electron chi connectivity index (χ0n) is 8.83. The van der Waals surface area contributed by atoms with E-state index in [1.807, 2.05) is 0 Å². The van der Waals surface area contributed by atoms with E-state index in [0.29, 0.717) is 6.54 Å². The molecule has 0 aromatic carbocycles. The molecular formula is C9H22ClNO2. The summed E-state index contributed by atoms with van der Waals surface area (Å²) in [6.45, 7) is 3.72. The van der Waals surface area contributed by atoms with Crippen LogP contribution in [0.3, 0.4) is 0 Å². The van der Waals surface area contributed by atoms with E-state index in [2.05, 4.69) is 21.0 Å². The Bertz CT molecular complexity index is 120. The van der Waals surface area contributed by atoms with E-state index >= 15 is 0 Å². The molecule has 0 fully saturated rings. The average Bonchev–Trinajstić information content (AvgIpc) is 2.00. The van der Waals surface area contributed by atoms with Crippen LogP contribution in [0.2, 0.25) is 0 Å². The van der Waals surface area contributed by atoms with Gasteiger partial charge in [0.2, 0.25) is 0 Å². The maximum absolute atomic E-state index is 9.23. The minimum absolute atomic E-state index is 0. The minimum atomic E-state index is -0.572. The quantitative estimate of drug-likeness (QED) is 0.467. The zero-order valence-corrected chi connectivity index (χ0v) is 9.59. The molecule has 0 spiro atoms. The van der Waals surface area contributed by atoms with Crippen LogP contribution in [0.1, 0.15) is 19.8 Å². The van der Waals surface area contributed by atoms with Gasteiger partial charge in [-0.1, -0.05) is 13.3 Å². The summed E-state index contributed by atoms with van der Waals surface area (Å²) >= 11 is 0. The molecule has 0 aliphatic carbocycles. The van der Waals surface area contributed by atoms with Gasteiger partial charge >= 0.3 is 0 Å². The van der Waals surface area contributed by atoms with E-state index in [1.165, 1.54) is 12.8 Å². The Morgan fingerprint density at radius 1 is 1.31 bits per heavy atom. The molecule has 1 unspecified atom stereocenters. The third-order valence-corrected chi connectivity index (χ3v) is 2.03. The van der Waals surface area contributed by atoms with Crippen molar-refractivity contribution in [2.75, 3.05) is 33.8 Å². The number of aliphatic hydroxyl groups excluding tert-OH is 2. The number of hydrogen-bond acceptors (Lipinski definition) is 2. The van der Waals surface area contributed by atoms with Gasteiger partial charge in [0.25, 0.3) is 0 Å². The Morgan fingerprint density at radius 2 is 1.85 bits per heavy atom. The molecule has 0 aromatic heterocycles. The van der Waals surface area contributed by atoms with E-state index in [-0.39, 0.29) is 19.0 Å². The maximum atomic E-state index is 9.23. The van der Waals surface area contributed by atoms with Crippen LogP contribution in [0.5, 0.6) is 0 Å². The summed E-state index contributed by atoms with van der Waals surface area (Å²) in [6, 6.07) is 0. The first-order valence-corrected chi connectivity index (χ1v) is 4.62. The van der Waals surface area contributed by atoms with Crippen LogP contribution in [-0.4, -0.2) is 54.6 Å². The van der Waals surface area contributed by atoms with E-state index in [0.717, 1.165) is 11.0 Å². The van der Waals surface area contributed by atoms with Crippen molar-refractivity contribution in [3.05, 3.63) is 0 Å². The Kier molecular flexibility index (Phi) is 9.09. The molecular weight excluding hydrogens is 190 g/mol. The molecule has 4 heteroatoms. The van der Waals surface area contributed by atoms with Gasteiger partial charge in [0.15, 0.2) is 0 Å². The number of quaternary nitrogens is 1. The van der Waals surface area contributed by atoms with Crippen molar-refractivity contribution in [1.29, 1.82) is 0 Å². The normalized spacial score (nSPS) is 13.6. The van der Waals surface area contributed by atoms with Crippen molar-refractivity contribution in [3.8, 4) is 0 Å². The second kappa shape index (κ2) is 7.56. The molecule has 0 saturated carbocycles. The number of rotatable bonds is 6. The monoisotopic (exact) mass is 211 g/mol. The second-order valence-corrected chi connectivity index (χ2v) is 4.03. The minimum Gasteiger partial charge on any atom is -1.00 e. The van der Waals surface area contributed by atoms with Crippen molar-refractivity contribution in [2.45, 2.75) is 25.9 Å². The lowest BCUT2D eigenvalue weighted by molar-refractivity contribution is -0.893. The van der Waals surface area contributed by atoms with Gasteiger partial charge < -0.3 is 27.1 Å². The molecule has 0 radical (unpaired) electrons. The van der Waals surface area contributed by atoms with Crippen molar-refractivity contribution in [2.24, 2.45) is 0 Å². The number of unbranched alkanes of at least 4 members (excludes halogenated alkanes) is 1. The predicted molar refractivity (Wildman–Crippen MR) is 49.8 cm³/mol. The van der Waals surface area contributed by atoms with Gasteiger partial charge in [0, 0.05) is 0 Å². The van der Waals surface area contributed by atoms with Crippen LogP contribution in [-0.2, 0) is 0 Å². The van der Waals surface area contributed by atoms with Crippen LogP contribution < -0.4 is 12.4 Å². The molecule has 13 heavy (non-hydrogen) atoms. The predicted octanol–water partition coefficient (Wildman–Crippen LogP) is -2.78. The lowest BCUT2D eigenvalue weighted by Gasteiger charge is -2.31. The van der Waals surface area contributed by atoms with E-state index in [4.69, 9.17) is 5.11 Å². The van der Waals surface area contributed by atoms with E-state index in [9.17, 15) is 5.11 Å². The van der Waals surface area contributed by atoms with Crippen LogP contribution >= 0.6 is 0 Å². The lowest BCUT2D eigenvalue weighted by atomic mass is 10.2. The van der Waals surface area contributed by atoms with E-state index < -0.39 is 6.10 Å². The third kappa shape index (κ3) is 8.50. The van der Waals surface area contributed by atoms with Crippen LogP contribution in [0.15, 0.2) is 0 Å². The summed E-state index contributed by atoms with van der Waals surface area (Å²) in [5.74, 6) is 0. The van der Waals surface area contributed by atoms with E-state index in [1.54, 1.807) is 0 Å². The summed E-state index contributed by atoms with van der Waals surface area (Å²) in [7, 11) is 4.16. The number of halogens is 1. The molecule has 2 N–H and O–H groups in total. The van der Waals surface area contributed by atoms with Gasteiger partial charge in [-0.3, -0.25) is 0 Å². The second-order valence-electron chi connectivity index (χ2n) is 4.03. The van der Waals surface area contributed by atoms with Crippen molar-refractivity contribution in [1.82, 2.24) is 0 Å². The van der Waals surface area contributed by atoms with Gasteiger partial charge in [-0.05, 0) is 6.42 Å². The zero-order chi connectivity index (χ0) is 9.61. The first kappa shape index (κ1) is 15.6. The Labute approximate surface area is 87.4 Å². The SMILES string of the molecule is CCCC[N+](C)(C)CC(O)CO.[Cl-]. The van der Waals surface area contributed by atoms with Gasteiger partial charge in [-0.25, -0.2) is 0 Å². The smallest absolute Gasteiger partial charge is 0.126 e. The summed E-state index contributed by atoms with van der Waals surface area (Å²) in [4.78, 5) is 0. The molecule has 82 valence electrons. The van der Waals surface area contributed by atoms with Crippen LogP contribution in [0.25, 0.3) is 0 Å². The fourth-order valence-electron chi connectivity index (χ4n) is 1.31. The van der Waals surface area contributed by atoms with Gasteiger partial charge in [0.05, 0.1) is 27.2 Å². The largest absolute Gasteiger partial charge is 1.00 e. The van der Waals surface area contributed by atoms with Crippen molar-refractivity contribution < 1.29 is 27.1 Å². The maximum Gasteiger partial charge on any atom is 0.126 e. The van der Waals surface area contributed by atoms with Gasteiger partial charge in [0.1, 0.15) is 12.6 Å². The van der Waals surface area contributed by atoms with Crippen LogP contribution in [0.4, 0.5) is 0 Å². The Hall–Kier alpha value is 0.170. The topological polar surface area (TPSA) is 40.5 Å². The third-order valence-electron chi connectivity index (χ3n) is 2.03. The number of hydrogen-bond donors (Lipinski definition) is 2. The highest BCUT2D eigenvalue weighted by Crippen LogP contribution is 2.03. The first-order valence-electron chi connectivity index (χ1n) is 4.62. The fourth-order valence-corrected chi connectivity index (χ4v) is 1.31. The van der Waals surface area contributed by atoms with Crippen LogP contribution in [0, 0.1) is 0 Å². The van der Waals surface area contributed by atoms with Crippen molar-refractivity contribution in [3.63, 3.8) is 0 Å². The first-order chi connectivity index (χ1) is 5.52. The molecule has 0 aliphatic rings. The Morgan fingerprint density at radius 3 is 2.23 bits per heavy atom. The molecule has 0 aromatic rings. The highest BCUT2D eigenvalue weighted by molar-refractivity contribution is 4.49. The number of likely N-dealkylation sites (N-methyl/N-ethyl adjacent to an activating group) is 1. The summed E-state index contributed by atoms with van der Waals surface area (Å²) in [6.07, 6.45) is 1.78.